The second-order valence-corrected chi connectivity index (χ2v) is 7.46. The van der Waals surface area contributed by atoms with Gasteiger partial charge in [0.05, 0.1) is 16.3 Å². The average molecular weight is 385 g/mol. The molecule has 2 N–H and O–H groups in total. The lowest BCUT2D eigenvalue weighted by Crippen LogP contribution is -2.15. The summed E-state index contributed by atoms with van der Waals surface area (Å²) in [5.74, 6) is -0.167. The maximum absolute atomic E-state index is 13.2. The zero-order valence-electron chi connectivity index (χ0n) is 13.5. The zero-order chi connectivity index (χ0) is 18.4. The van der Waals surface area contributed by atoms with Crippen LogP contribution in [-0.2, 0) is 10.0 Å². The number of aryl methyl sites for hydroxylation is 3. The van der Waals surface area contributed by atoms with Crippen LogP contribution >= 0.6 is 11.6 Å². The smallest absolute Gasteiger partial charge is 0.264 e. The summed E-state index contributed by atoms with van der Waals surface area (Å²) in [7, 11) is -4.04. The molecule has 0 bridgehead atoms. The van der Waals surface area contributed by atoms with E-state index in [1.807, 2.05) is 0 Å². The molecule has 0 unspecified atom stereocenters. The van der Waals surface area contributed by atoms with Crippen LogP contribution in [0.15, 0.2) is 27.5 Å². The minimum absolute atomic E-state index is 0.0333. The highest BCUT2D eigenvalue weighted by molar-refractivity contribution is 7.93. The van der Waals surface area contributed by atoms with Crippen LogP contribution in [-0.4, -0.2) is 23.6 Å². The Balaban J connectivity index is 2.12. The third kappa shape index (κ3) is 3.24. The molecule has 1 aromatic carbocycles. The largest absolute Gasteiger partial charge is 0.421 e. The van der Waals surface area contributed by atoms with Gasteiger partial charge >= 0.3 is 0 Å². The summed E-state index contributed by atoms with van der Waals surface area (Å²) >= 11 is 5.91. The van der Waals surface area contributed by atoms with Crippen LogP contribution in [0.25, 0.3) is 11.5 Å². The summed E-state index contributed by atoms with van der Waals surface area (Å²) in [6, 6.07) is 3.39. The van der Waals surface area contributed by atoms with Crippen molar-refractivity contribution in [1.29, 1.82) is 0 Å². The number of anilines is 1. The monoisotopic (exact) mass is 384 g/mol. The van der Waals surface area contributed by atoms with Crippen molar-refractivity contribution in [2.24, 2.45) is 0 Å². The van der Waals surface area contributed by atoms with E-state index in [0.29, 0.717) is 17.3 Å². The second-order valence-electron chi connectivity index (χ2n) is 5.44. The molecule has 0 aliphatic carbocycles. The molecule has 0 amide bonds. The van der Waals surface area contributed by atoms with Gasteiger partial charge in [-0.3, -0.25) is 4.72 Å². The summed E-state index contributed by atoms with van der Waals surface area (Å²) in [5.41, 5.74) is 1.30. The van der Waals surface area contributed by atoms with Crippen molar-refractivity contribution in [3.05, 3.63) is 46.3 Å². The van der Waals surface area contributed by atoms with Gasteiger partial charge in [0, 0.05) is 18.3 Å². The van der Waals surface area contributed by atoms with Crippen LogP contribution in [0.3, 0.4) is 0 Å². The van der Waals surface area contributed by atoms with Crippen molar-refractivity contribution in [1.82, 2.24) is 15.2 Å². The van der Waals surface area contributed by atoms with Gasteiger partial charge in [0.1, 0.15) is 10.7 Å². The Hall–Kier alpha value is -2.39. The quantitative estimate of drug-likeness (QED) is 0.715. The first-order valence-electron chi connectivity index (χ1n) is 7.16. The van der Waals surface area contributed by atoms with Crippen molar-refractivity contribution >= 4 is 27.3 Å². The van der Waals surface area contributed by atoms with E-state index in [4.69, 9.17) is 16.0 Å². The fraction of sp³-hybridized carbons (Fsp3) is 0.200. The van der Waals surface area contributed by atoms with E-state index in [1.165, 1.54) is 6.07 Å². The van der Waals surface area contributed by atoms with Gasteiger partial charge in [-0.25, -0.2) is 12.8 Å². The normalized spacial score (nSPS) is 11.7. The number of rotatable bonds is 4. The number of hydrogen-bond acceptors (Lipinski definition) is 5. The van der Waals surface area contributed by atoms with E-state index in [1.54, 1.807) is 20.8 Å². The minimum Gasteiger partial charge on any atom is -0.421 e. The van der Waals surface area contributed by atoms with E-state index in [0.717, 1.165) is 12.1 Å². The van der Waals surface area contributed by atoms with Crippen molar-refractivity contribution in [3.8, 4) is 11.5 Å². The summed E-state index contributed by atoms with van der Waals surface area (Å²) in [5, 5.41) is 7.58. The van der Waals surface area contributed by atoms with Gasteiger partial charge in [-0.2, -0.15) is 0 Å². The summed E-state index contributed by atoms with van der Waals surface area (Å²) < 4.78 is 46.7. The van der Waals surface area contributed by atoms with Crippen molar-refractivity contribution in [2.45, 2.75) is 25.7 Å². The highest BCUT2D eigenvalue weighted by Gasteiger charge is 2.29. The predicted octanol–water partition coefficient (Wildman–Crippen LogP) is 3.58. The molecule has 0 atom stereocenters. The molecule has 3 aromatic rings. The number of aromatic nitrogens is 3. The number of halogens is 2. The zero-order valence-corrected chi connectivity index (χ0v) is 15.1. The number of nitrogens with one attached hydrogen (secondary N) is 2. The van der Waals surface area contributed by atoms with Gasteiger partial charge in [-0.15, -0.1) is 10.2 Å². The maximum atomic E-state index is 13.2. The highest BCUT2D eigenvalue weighted by atomic mass is 35.5. The number of sulfonamides is 1. The molecule has 2 aromatic heterocycles. The number of benzene rings is 1. The van der Waals surface area contributed by atoms with Crippen LogP contribution in [0.5, 0.6) is 0 Å². The van der Waals surface area contributed by atoms with E-state index in [9.17, 15) is 12.8 Å². The number of hydrogen-bond donors (Lipinski definition) is 2. The Morgan fingerprint density at radius 3 is 2.52 bits per heavy atom. The molecule has 25 heavy (non-hydrogen) atoms. The Bertz CT molecular complexity index is 1060. The molecule has 0 radical (unpaired) electrons. The van der Waals surface area contributed by atoms with Crippen LogP contribution in [0.1, 0.15) is 17.3 Å². The molecule has 0 spiro atoms. The second kappa shape index (κ2) is 6.16. The van der Waals surface area contributed by atoms with Gasteiger partial charge in [0.15, 0.2) is 0 Å². The van der Waals surface area contributed by atoms with Crippen LogP contribution < -0.4 is 4.72 Å². The van der Waals surface area contributed by atoms with E-state index in [2.05, 4.69) is 19.9 Å². The molecule has 7 nitrogen and oxygen atoms in total. The lowest BCUT2D eigenvalue weighted by molar-refractivity contribution is 0.531. The Labute approximate surface area is 148 Å². The van der Waals surface area contributed by atoms with Gasteiger partial charge in [-0.1, -0.05) is 11.6 Å². The molecule has 2 heterocycles. The van der Waals surface area contributed by atoms with Crippen molar-refractivity contribution in [2.75, 3.05) is 4.72 Å². The highest BCUT2D eigenvalue weighted by Crippen LogP contribution is 2.34. The van der Waals surface area contributed by atoms with Gasteiger partial charge < -0.3 is 9.40 Å². The molecule has 0 aliphatic rings. The summed E-state index contributed by atoms with van der Waals surface area (Å²) in [6.07, 6.45) is 0. The molecular weight excluding hydrogens is 371 g/mol. The molecule has 132 valence electrons. The Morgan fingerprint density at radius 2 is 1.92 bits per heavy atom. The lowest BCUT2D eigenvalue weighted by atomic mass is 10.2. The fourth-order valence-corrected chi connectivity index (χ4v) is 4.32. The van der Waals surface area contributed by atoms with E-state index >= 15 is 0 Å². The summed E-state index contributed by atoms with van der Waals surface area (Å²) in [6.45, 7) is 4.92. The number of H-pyrrole nitrogens is 1. The summed E-state index contributed by atoms with van der Waals surface area (Å²) in [4.78, 5) is 2.93. The number of nitrogens with zero attached hydrogens (tertiary/aromatic N) is 2. The molecule has 0 fully saturated rings. The van der Waals surface area contributed by atoms with E-state index in [-0.39, 0.29) is 27.1 Å². The Kier molecular flexibility index (Phi) is 4.29. The van der Waals surface area contributed by atoms with Gasteiger partial charge in [0.25, 0.3) is 15.9 Å². The SMILES string of the molecule is Cc1nnc(-c2c(C)[nH]c(C)c2S(=O)(=O)Nc2ccc(F)cc2Cl)o1. The molecule has 0 saturated heterocycles. The van der Waals surface area contributed by atoms with Crippen LogP contribution in [0.2, 0.25) is 5.02 Å². The first-order valence-corrected chi connectivity index (χ1v) is 9.02. The lowest BCUT2D eigenvalue weighted by Gasteiger charge is -2.10. The van der Waals surface area contributed by atoms with Crippen molar-refractivity contribution in [3.63, 3.8) is 0 Å². The molecule has 0 saturated carbocycles. The van der Waals surface area contributed by atoms with Crippen LogP contribution in [0.4, 0.5) is 10.1 Å². The average Bonchev–Trinajstić information content (AvgIpc) is 3.05. The third-order valence-electron chi connectivity index (χ3n) is 3.50. The predicted molar refractivity (Wildman–Crippen MR) is 90.5 cm³/mol. The first kappa shape index (κ1) is 17.4. The van der Waals surface area contributed by atoms with Crippen molar-refractivity contribution < 1.29 is 17.2 Å². The minimum atomic E-state index is -4.04. The van der Waals surface area contributed by atoms with E-state index < -0.39 is 15.8 Å². The molecule has 3 rings (SSSR count). The maximum Gasteiger partial charge on any atom is 0.264 e. The van der Waals surface area contributed by atoms with Crippen LogP contribution in [0, 0.1) is 26.6 Å². The standard InChI is InChI=1S/C15H14ClFN4O3S/c1-7-13(15-20-19-9(3)24-15)14(8(2)18-7)25(22,23)21-12-5-4-10(17)6-11(12)16/h4-6,18,21H,1-3H3. The topological polar surface area (TPSA) is 101 Å². The molecule has 10 heteroatoms. The molecular formula is C15H14ClFN4O3S. The van der Waals surface area contributed by atoms with Gasteiger partial charge in [-0.05, 0) is 32.0 Å². The van der Waals surface area contributed by atoms with Gasteiger partial charge in [0.2, 0.25) is 5.89 Å². The third-order valence-corrected chi connectivity index (χ3v) is 5.35. The first-order chi connectivity index (χ1) is 11.7. The number of aromatic amines is 1. The molecule has 0 aliphatic heterocycles. The fourth-order valence-electron chi connectivity index (χ4n) is 2.52. The Morgan fingerprint density at radius 1 is 1.20 bits per heavy atom.